The van der Waals surface area contributed by atoms with Crippen LogP contribution >= 0.6 is 0 Å². The molecule has 2 heterocycles. The molecule has 0 aromatic carbocycles. The van der Waals surface area contributed by atoms with Gasteiger partial charge in [0.1, 0.15) is 5.75 Å². The number of rotatable bonds is 4. The zero-order valence-electron chi connectivity index (χ0n) is 17.2. The molecule has 8 nitrogen and oxygen atoms in total. The summed E-state index contributed by atoms with van der Waals surface area (Å²) in [4.78, 5) is 23.0. The second-order valence-electron chi connectivity index (χ2n) is 8.67. The number of nitrogens with zero attached hydrogens (tertiary/aromatic N) is 1. The smallest absolute Gasteiger partial charge is 0.491 e. The highest BCUT2D eigenvalue weighted by Crippen LogP contribution is 2.37. The van der Waals surface area contributed by atoms with Crippen molar-refractivity contribution in [3.8, 4) is 5.75 Å². The minimum Gasteiger partial charge on any atom is -0.491 e. The van der Waals surface area contributed by atoms with Gasteiger partial charge >= 0.3 is 13.2 Å². The van der Waals surface area contributed by atoms with Crippen LogP contribution in [0.2, 0.25) is 0 Å². The van der Waals surface area contributed by atoms with E-state index in [9.17, 15) is 9.59 Å². The first-order valence-electron chi connectivity index (χ1n) is 9.71. The minimum atomic E-state index is -1.00. The van der Waals surface area contributed by atoms with E-state index in [1.54, 1.807) is 13.2 Å². The van der Waals surface area contributed by atoms with E-state index < -0.39 is 24.4 Å². The van der Waals surface area contributed by atoms with Crippen LogP contribution < -0.4 is 21.1 Å². The summed E-state index contributed by atoms with van der Waals surface area (Å²) >= 11 is 0. The third kappa shape index (κ3) is 4.20. The van der Waals surface area contributed by atoms with Crippen LogP contribution in [0, 0.1) is 0 Å². The van der Waals surface area contributed by atoms with E-state index in [-0.39, 0.29) is 17.7 Å². The molecule has 2 N–H and O–H groups in total. The minimum absolute atomic E-state index is 0.0523. The van der Waals surface area contributed by atoms with Crippen molar-refractivity contribution in [2.45, 2.75) is 76.7 Å². The summed E-state index contributed by atoms with van der Waals surface area (Å²) < 4.78 is 19.9. The number of nitrogens with one attached hydrogen (secondary N) is 1. The molecule has 0 bridgehead atoms. The maximum absolute atomic E-state index is 12.2. The van der Waals surface area contributed by atoms with Crippen molar-refractivity contribution in [2.75, 3.05) is 0 Å². The number of pyridine rings is 1. The van der Waals surface area contributed by atoms with Gasteiger partial charge in [0.05, 0.1) is 17.3 Å². The maximum Gasteiger partial charge on any atom is 0.500 e. The molecule has 9 heteroatoms. The summed E-state index contributed by atoms with van der Waals surface area (Å²) in [5, 5.41) is 11.4. The van der Waals surface area contributed by atoms with Gasteiger partial charge < -0.3 is 29.0 Å². The lowest BCUT2D eigenvalue weighted by Gasteiger charge is -2.32. The Labute approximate surface area is 165 Å². The van der Waals surface area contributed by atoms with E-state index in [4.69, 9.17) is 19.2 Å². The zero-order valence-corrected chi connectivity index (χ0v) is 17.2. The molecule has 154 valence electrons. The van der Waals surface area contributed by atoms with Crippen molar-refractivity contribution in [1.82, 2.24) is 9.88 Å². The first kappa shape index (κ1) is 20.7. The fourth-order valence-electron chi connectivity index (χ4n) is 3.56. The lowest BCUT2D eigenvalue weighted by atomic mass is 9.79. The highest BCUT2D eigenvalue weighted by Gasteiger charge is 2.52. The lowest BCUT2D eigenvalue weighted by molar-refractivity contribution is 0.00578. The average Bonchev–Trinajstić information content (AvgIpc) is 2.80. The molecule has 0 unspecified atom stereocenters. The zero-order chi connectivity index (χ0) is 20.7. The van der Waals surface area contributed by atoms with Gasteiger partial charge in [-0.2, -0.15) is 0 Å². The highest BCUT2D eigenvalue weighted by molar-refractivity contribution is 6.63. The van der Waals surface area contributed by atoms with Gasteiger partial charge in [0.2, 0.25) is 0 Å². The number of hydrogen-bond donors (Lipinski definition) is 2. The summed E-state index contributed by atoms with van der Waals surface area (Å²) in [6.07, 6.45) is 3.45. The standard InChI is InChI=1S/C19H29BN2O6/c1-18(2)19(3,4)28-20(27-18)14-11-22(5)16(23)10-15(14)26-13-8-6-12(7-9-13)21-17(24)25/h10-13,21H,6-9H2,1-5H3,(H,24,25). The number of carboxylic acid groups (broad SMARTS) is 1. The Morgan fingerprint density at radius 1 is 1.21 bits per heavy atom. The summed E-state index contributed by atoms with van der Waals surface area (Å²) in [6, 6.07) is 1.42. The SMILES string of the molecule is Cn1cc(B2OC(C)(C)C(C)(C)O2)c(OC2CCC(NC(=O)O)CC2)cc1=O. The Kier molecular flexibility index (Phi) is 5.51. The van der Waals surface area contributed by atoms with E-state index in [1.165, 1.54) is 10.6 Å². The van der Waals surface area contributed by atoms with Gasteiger partial charge in [-0.05, 0) is 53.4 Å². The Hall–Kier alpha value is -2.00. The van der Waals surface area contributed by atoms with Crippen molar-refractivity contribution < 1.29 is 23.9 Å². The predicted octanol–water partition coefficient (Wildman–Crippen LogP) is 1.64. The van der Waals surface area contributed by atoms with Crippen molar-refractivity contribution in [1.29, 1.82) is 0 Å². The number of carbonyl (C=O) groups is 1. The second kappa shape index (κ2) is 7.44. The van der Waals surface area contributed by atoms with Gasteiger partial charge in [-0.15, -0.1) is 0 Å². The van der Waals surface area contributed by atoms with Crippen LogP contribution in [0.4, 0.5) is 4.79 Å². The predicted molar refractivity (Wildman–Crippen MR) is 105 cm³/mol. The molecule has 1 aliphatic heterocycles. The van der Waals surface area contributed by atoms with Gasteiger partial charge in [0.25, 0.3) is 5.56 Å². The monoisotopic (exact) mass is 392 g/mol. The fourth-order valence-corrected chi connectivity index (χ4v) is 3.56. The summed E-state index contributed by atoms with van der Waals surface area (Å²) in [5.74, 6) is 0.469. The van der Waals surface area contributed by atoms with Crippen molar-refractivity contribution >= 4 is 18.7 Å². The van der Waals surface area contributed by atoms with Gasteiger partial charge in [0.15, 0.2) is 0 Å². The van der Waals surface area contributed by atoms with Gasteiger partial charge in [-0.3, -0.25) is 4.79 Å². The van der Waals surface area contributed by atoms with Crippen molar-refractivity contribution in [3.05, 3.63) is 22.6 Å². The molecular formula is C19H29BN2O6. The van der Waals surface area contributed by atoms with E-state index in [2.05, 4.69) is 5.32 Å². The summed E-state index contributed by atoms with van der Waals surface area (Å²) in [5.41, 5.74) is -0.475. The van der Waals surface area contributed by atoms with Crippen LogP contribution in [0.25, 0.3) is 0 Å². The highest BCUT2D eigenvalue weighted by atomic mass is 16.7. The molecule has 1 aliphatic carbocycles. The van der Waals surface area contributed by atoms with Crippen LogP contribution in [0.3, 0.4) is 0 Å². The molecule has 0 radical (unpaired) electrons. The Bertz CT molecular complexity index is 782. The number of aryl methyl sites for hydroxylation is 1. The summed E-state index contributed by atoms with van der Waals surface area (Å²) in [7, 11) is 1.06. The van der Waals surface area contributed by atoms with E-state index >= 15 is 0 Å². The fraction of sp³-hybridized carbons (Fsp3) is 0.684. The first-order valence-corrected chi connectivity index (χ1v) is 9.71. The van der Waals surface area contributed by atoms with Crippen LogP contribution in [-0.4, -0.2) is 46.2 Å². The molecule has 28 heavy (non-hydrogen) atoms. The number of amides is 1. The van der Waals surface area contributed by atoms with Crippen LogP contribution in [0.15, 0.2) is 17.1 Å². The van der Waals surface area contributed by atoms with Crippen LogP contribution in [-0.2, 0) is 16.4 Å². The molecule has 0 spiro atoms. The number of aromatic nitrogens is 1. The number of hydrogen-bond acceptors (Lipinski definition) is 5. The molecule has 1 saturated heterocycles. The van der Waals surface area contributed by atoms with Crippen molar-refractivity contribution in [3.63, 3.8) is 0 Å². The Morgan fingerprint density at radius 3 is 2.32 bits per heavy atom. The first-order chi connectivity index (χ1) is 13.0. The molecule has 1 amide bonds. The quantitative estimate of drug-likeness (QED) is 0.756. The molecule has 1 saturated carbocycles. The number of ether oxygens (including phenoxy) is 1. The largest absolute Gasteiger partial charge is 0.500 e. The molecule has 1 aromatic heterocycles. The third-order valence-electron chi connectivity index (χ3n) is 6.02. The average molecular weight is 392 g/mol. The molecule has 2 aliphatic rings. The third-order valence-corrected chi connectivity index (χ3v) is 6.02. The lowest BCUT2D eigenvalue weighted by Crippen LogP contribution is -2.41. The molecule has 1 aromatic rings. The maximum atomic E-state index is 12.2. The van der Waals surface area contributed by atoms with Crippen molar-refractivity contribution in [2.24, 2.45) is 7.05 Å². The van der Waals surface area contributed by atoms with Gasteiger partial charge in [0, 0.05) is 30.8 Å². The van der Waals surface area contributed by atoms with Crippen LogP contribution in [0.5, 0.6) is 5.75 Å². The van der Waals surface area contributed by atoms with E-state index in [0.717, 1.165) is 0 Å². The van der Waals surface area contributed by atoms with E-state index in [0.29, 0.717) is 36.9 Å². The Morgan fingerprint density at radius 2 is 1.79 bits per heavy atom. The van der Waals surface area contributed by atoms with Gasteiger partial charge in [-0.25, -0.2) is 4.79 Å². The van der Waals surface area contributed by atoms with E-state index in [1.807, 2.05) is 27.7 Å². The molecule has 2 fully saturated rings. The topological polar surface area (TPSA) is 99.0 Å². The molecular weight excluding hydrogens is 363 g/mol. The van der Waals surface area contributed by atoms with Crippen LogP contribution in [0.1, 0.15) is 53.4 Å². The van der Waals surface area contributed by atoms with Gasteiger partial charge in [-0.1, -0.05) is 0 Å². The Balaban J connectivity index is 1.78. The molecule has 0 atom stereocenters. The normalized spacial score (nSPS) is 26.1. The molecule has 3 rings (SSSR count). The summed E-state index contributed by atoms with van der Waals surface area (Å²) in [6.45, 7) is 7.91. The second-order valence-corrected chi connectivity index (χ2v) is 8.67.